The van der Waals surface area contributed by atoms with E-state index >= 15 is 0 Å². The lowest BCUT2D eigenvalue weighted by molar-refractivity contribution is -0.143. The van der Waals surface area contributed by atoms with E-state index in [2.05, 4.69) is 6.58 Å². The Morgan fingerprint density at radius 3 is 2.33 bits per heavy atom. The van der Waals surface area contributed by atoms with Crippen LogP contribution in [0, 0.1) is 5.92 Å². The number of hydrogen-bond donors (Lipinski definition) is 0. The highest BCUT2D eigenvalue weighted by atomic mass is 35.5. The smallest absolute Gasteiger partial charge is 0.310 e. The molecule has 2 aromatic carbocycles. The maximum atomic E-state index is 12.1. The highest BCUT2D eigenvalue weighted by Gasteiger charge is 2.16. The van der Waals surface area contributed by atoms with Gasteiger partial charge in [-0.1, -0.05) is 74.0 Å². The molecular formula is C20H20Cl2O2. The molecule has 0 heterocycles. The van der Waals surface area contributed by atoms with Crippen molar-refractivity contribution in [1.29, 1.82) is 0 Å². The molecule has 2 nitrogen and oxygen atoms in total. The van der Waals surface area contributed by atoms with E-state index in [0.29, 0.717) is 33.7 Å². The number of esters is 1. The van der Waals surface area contributed by atoms with Gasteiger partial charge in [-0.25, -0.2) is 0 Å². The Morgan fingerprint density at radius 1 is 1.08 bits per heavy atom. The maximum absolute atomic E-state index is 12.1. The van der Waals surface area contributed by atoms with Crippen molar-refractivity contribution in [2.45, 2.75) is 20.3 Å². The molecule has 4 heteroatoms. The van der Waals surface area contributed by atoms with Crippen molar-refractivity contribution >= 4 is 34.7 Å². The number of ether oxygens (including phenoxy) is 1. The Morgan fingerprint density at radius 2 is 1.71 bits per heavy atom. The Bertz CT molecular complexity index is 731. The molecule has 0 amide bonds. The third kappa shape index (κ3) is 4.62. The van der Waals surface area contributed by atoms with Gasteiger partial charge in [-0.05, 0) is 34.8 Å². The summed E-state index contributed by atoms with van der Waals surface area (Å²) in [6.45, 7) is 8.56. The quantitative estimate of drug-likeness (QED) is 0.607. The third-order valence-electron chi connectivity index (χ3n) is 3.52. The Labute approximate surface area is 153 Å². The zero-order chi connectivity index (χ0) is 17.7. The van der Waals surface area contributed by atoms with Gasteiger partial charge in [0.2, 0.25) is 0 Å². The molecule has 0 N–H and O–H groups in total. The third-order valence-corrected chi connectivity index (χ3v) is 4.15. The normalized spacial score (nSPS) is 10.7. The van der Waals surface area contributed by atoms with Gasteiger partial charge in [-0.3, -0.25) is 4.79 Å². The molecule has 24 heavy (non-hydrogen) atoms. The lowest BCUT2D eigenvalue weighted by atomic mass is 9.93. The molecule has 0 spiro atoms. The van der Waals surface area contributed by atoms with E-state index in [0.717, 1.165) is 11.1 Å². The van der Waals surface area contributed by atoms with E-state index in [1.54, 1.807) is 18.2 Å². The molecule has 0 saturated carbocycles. The summed E-state index contributed by atoms with van der Waals surface area (Å²) in [7, 11) is 0. The van der Waals surface area contributed by atoms with Crippen LogP contribution in [0.5, 0.6) is 0 Å². The lowest BCUT2D eigenvalue weighted by Gasteiger charge is -2.15. The highest BCUT2D eigenvalue weighted by Crippen LogP contribution is 2.35. The van der Waals surface area contributed by atoms with Gasteiger partial charge >= 0.3 is 5.97 Å². The maximum Gasteiger partial charge on any atom is 0.310 e. The zero-order valence-corrected chi connectivity index (χ0v) is 15.3. The minimum Gasteiger partial charge on any atom is -0.465 e. The number of rotatable bonds is 6. The molecule has 0 unspecified atom stereocenters. The number of carbonyl (C=O) groups is 1. The van der Waals surface area contributed by atoms with Gasteiger partial charge in [0, 0.05) is 15.6 Å². The molecule has 0 aromatic heterocycles. The summed E-state index contributed by atoms with van der Waals surface area (Å²) in [5, 5.41) is 1.06. The topological polar surface area (TPSA) is 26.3 Å². The first kappa shape index (κ1) is 18.6. The summed E-state index contributed by atoms with van der Waals surface area (Å²) in [4.78, 5) is 12.1. The number of carbonyl (C=O) groups excluding carboxylic acids is 1. The van der Waals surface area contributed by atoms with Crippen LogP contribution in [0.2, 0.25) is 10.0 Å². The molecule has 0 aliphatic carbocycles. The fourth-order valence-electron chi connectivity index (χ4n) is 2.36. The van der Waals surface area contributed by atoms with Crippen molar-refractivity contribution in [3.8, 4) is 0 Å². The van der Waals surface area contributed by atoms with Crippen LogP contribution in [0.25, 0.3) is 5.57 Å². The predicted octanol–water partition coefficient (Wildman–Crippen LogP) is 5.80. The fraction of sp³-hybridized carbons (Fsp3) is 0.250. The Hall–Kier alpha value is -1.77. The standard InChI is InChI=1S/C20H20Cl2O2/c1-13(2)12-24-19(23)11-15-7-4-5-8-16(15)14(3)20-17(21)9-6-10-18(20)22/h4-10,13H,3,11-12H2,1-2H3. The average Bonchev–Trinajstić information content (AvgIpc) is 2.53. The van der Waals surface area contributed by atoms with E-state index in [1.807, 2.05) is 38.1 Å². The fourth-order valence-corrected chi connectivity index (χ4v) is 2.98. The SMILES string of the molecule is C=C(c1ccccc1CC(=O)OCC(C)C)c1c(Cl)cccc1Cl. The monoisotopic (exact) mass is 362 g/mol. The zero-order valence-electron chi connectivity index (χ0n) is 13.8. The van der Waals surface area contributed by atoms with Gasteiger partial charge < -0.3 is 4.74 Å². The molecule has 0 aliphatic heterocycles. The molecule has 126 valence electrons. The van der Waals surface area contributed by atoms with Gasteiger partial charge in [0.15, 0.2) is 0 Å². The molecule has 0 saturated heterocycles. The highest BCUT2D eigenvalue weighted by molar-refractivity contribution is 6.37. The van der Waals surface area contributed by atoms with Crippen LogP contribution in [0.15, 0.2) is 49.0 Å². The van der Waals surface area contributed by atoms with Crippen LogP contribution in [0.4, 0.5) is 0 Å². The molecule has 0 radical (unpaired) electrons. The van der Waals surface area contributed by atoms with Crippen molar-refractivity contribution in [3.63, 3.8) is 0 Å². The molecule has 2 aromatic rings. The van der Waals surface area contributed by atoms with Crippen molar-refractivity contribution in [2.75, 3.05) is 6.61 Å². The van der Waals surface area contributed by atoms with Crippen molar-refractivity contribution in [2.24, 2.45) is 5.92 Å². The summed E-state index contributed by atoms with van der Waals surface area (Å²) in [5.41, 5.74) is 3.06. The van der Waals surface area contributed by atoms with Gasteiger partial charge in [-0.2, -0.15) is 0 Å². The van der Waals surface area contributed by atoms with Crippen molar-refractivity contribution < 1.29 is 9.53 Å². The van der Waals surface area contributed by atoms with Gasteiger partial charge in [0.05, 0.1) is 13.0 Å². The average molecular weight is 363 g/mol. The van der Waals surface area contributed by atoms with Gasteiger partial charge in [-0.15, -0.1) is 0 Å². The van der Waals surface area contributed by atoms with Crippen LogP contribution in [0.3, 0.4) is 0 Å². The number of benzene rings is 2. The van der Waals surface area contributed by atoms with Crippen LogP contribution >= 0.6 is 23.2 Å². The van der Waals surface area contributed by atoms with E-state index < -0.39 is 0 Å². The van der Waals surface area contributed by atoms with E-state index in [4.69, 9.17) is 27.9 Å². The van der Waals surface area contributed by atoms with Crippen molar-refractivity contribution in [1.82, 2.24) is 0 Å². The lowest BCUT2D eigenvalue weighted by Crippen LogP contribution is -2.13. The Kier molecular flexibility index (Phi) is 6.47. The van der Waals surface area contributed by atoms with Gasteiger partial charge in [0.25, 0.3) is 0 Å². The van der Waals surface area contributed by atoms with E-state index in [1.165, 1.54) is 0 Å². The van der Waals surface area contributed by atoms with Crippen LogP contribution < -0.4 is 0 Å². The first-order chi connectivity index (χ1) is 11.4. The molecule has 0 fully saturated rings. The molecule has 0 aliphatic rings. The summed E-state index contributed by atoms with van der Waals surface area (Å²) in [6.07, 6.45) is 0.185. The second kappa shape index (κ2) is 8.36. The second-order valence-corrected chi connectivity index (χ2v) is 6.80. The largest absolute Gasteiger partial charge is 0.465 e. The predicted molar refractivity (Wildman–Crippen MR) is 101 cm³/mol. The first-order valence-corrected chi connectivity index (χ1v) is 8.53. The van der Waals surface area contributed by atoms with Gasteiger partial charge in [0.1, 0.15) is 0 Å². The van der Waals surface area contributed by atoms with Crippen LogP contribution in [0.1, 0.15) is 30.5 Å². The summed E-state index contributed by atoms with van der Waals surface area (Å²) < 4.78 is 5.27. The van der Waals surface area contributed by atoms with E-state index in [9.17, 15) is 4.79 Å². The van der Waals surface area contributed by atoms with Crippen molar-refractivity contribution in [3.05, 3.63) is 75.8 Å². The first-order valence-electron chi connectivity index (χ1n) is 7.77. The minimum absolute atomic E-state index is 0.185. The summed E-state index contributed by atoms with van der Waals surface area (Å²) in [6, 6.07) is 12.9. The molecule has 0 atom stereocenters. The summed E-state index contributed by atoms with van der Waals surface area (Å²) >= 11 is 12.6. The second-order valence-electron chi connectivity index (χ2n) is 5.99. The minimum atomic E-state index is -0.255. The number of halogens is 2. The van der Waals surface area contributed by atoms with Crippen LogP contribution in [-0.2, 0) is 16.0 Å². The molecule has 0 bridgehead atoms. The Balaban J connectivity index is 2.29. The summed E-state index contributed by atoms with van der Waals surface area (Å²) in [5.74, 6) is 0.0512. The van der Waals surface area contributed by atoms with Crippen LogP contribution in [-0.4, -0.2) is 12.6 Å². The molecular weight excluding hydrogens is 343 g/mol. The van der Waals surface area contributed by atoms with E-state index in [-0.39, 0.29) is 12.4 Å². The molecule has 2 rings (SSSR count). The number of hydrogen-bond acceptors (Lipinski definition) is 2.